The topological polar surface area (TPSA) is 183 Å². The number of anilines is 1. The zero-order chi connectivity index (χ0) is 22.3. The fourth-order valence-electron chi connectivity index (χ4n) is 3.43. The van der Waals surface area contributed by atoms with Gasteiger partial charge in [0.25, 0.3) is 11.8 Å². The van der Waals surface area contributed by atoms with E-state index in [1.165, 1.54) is 28.4 Å². The van der Waals surface area contributed by atoms with E-state index in [-0.39, 0.29) is 22.0 Å². The molecule has 12 nitrogen and oxygen atoms in total. The first-order chi connectivity index (χ1) is 14.8. The number of carbonyl (C=O) groups is 3. The van der Waals surface area contributed by atoms with Gasteiger partial charge in [0.05, 0.1) is 6.04 Å². The molecule has 0 saturated carbocycles. The normalized spacial score (nSPS) is 25.8. The molecule has 1 aromatic rings. The smallest absolute Gasteiger partial charge is 0.353 e. The van der Waals surface area contributed by atoms with Gasteiger partial charge in [-0.05, 0) is 12.8 Å². The number of halogens is 1. The Morgan fingerprint density at radius 1 is 1.42 bits per heavy atom. The highest BCUT2D eigenvalue weighted by Crippen LogP contribution is 2.43. The van der Waals surface area contributed by atoms with Gasteiger partial charge in [-0.25, -0.2) is 4.79 Å². The van der Waals surface area contributed by atoms with Crippen LogP contribution in [0.15, 0.2) is 20.8 Å². The van der Waals surface area contributed by atoms with Crippen molar-refractivity contribution in [3.63, 3.8) is 0 Å². The summed E-state index contributed by atoms with van der Waals surface area (Å²) in [5, 5.41) is 24.1. The van der Waals surface area contributed by atoms with Crippen molar-refractivity contribution in [3.8, 4) is 0 Å². The number of β-lactam (4-membered cyclic amide) rings is 1. The van der Waals surface area contributed by atoms with E-state index in [0.29, 0.717) is 28.0 Å². The molecule has 0 bridgehead atoms. The SMILES string of the molecule is Nc1nc(/C(=N/O)C(=O)NC2C(=O)N3C(C(=O)O)=C(SC4CSC(Cl)=N4)CCC23)ns1. The average Bonchev–Trinajstić information content (AvgIpc) is 3.34. The number of carboxylic acids is 1. The van der Waals surface area contributed by atoms with Crippen LogP contribution in [0.25, 0.3) is 0 Å². The second kappa shape index (κ2) is 8.64. The van der Waals surface area contributed by atoms with Crippen LogP contribution in [0.3, 0.4) is 0 Å². The van der Waals surface area contributed by atoms with Gasteiger partial charge in [-0.1, -0.05) is 28.5 Å². The summed E-state index contributed by atoms with van der Waals surface area (Å²) in [6.07, 6.45) is 0.854. The number of thioether (sulfide) groups is 2. The van der Waals surface area contributed by atoms with Crippen LogP contribution in [0.1, 0.15) is 18.7 Å². The number of rotatable bonds is 6. The van der Waals surface area contributed by atoms with Crippen molar-refractivity contribution < 1.29 is 24.7 Å². The van der Waals surface area contributed by atoms with Gasteiger partial charge in [0.15, 0.2) is 9.63 Å². The van der Waals surface area contributed by atoms with Gasteiger partial charge < -0.3 is 21.4 Å². The monoisotopic (exact) mass is 503 g/mol. The van der Waals surface area contributed by atoms with E-state index >= 15 is 0 Å². The zero-order valence-electron chi connectivity index (χ0n) is 15.4. The third-order valence-electron chi connectivity index (χ3n) is 4.72. The number of hydrogen-bond donors (Lipinski definition) is 4. The predicted octanol–water partition coefficient (Wildman–Crippen LogP) is 0.485. The predicted molar refractivity (Wildman–Crippen MR) is 116 cm³/mol. The first-order valence-corrected chi connectivity index (χ1v) is 11.8. The van der Waals surface area contributed by atoms with Crippen LogP contribution >= 0.6 is 46.7 Å². The molecule has 1 fully saturated rings. The number of carboxylic acid groups (broad SMARTS) is 1. The number of carbonyl (C=O) groups excluding carboxylic acids is 2. The zero-order valence-corrected chi connectivity index (χ0v) is 18.6. The summed E-state index contributed by atoms with van der Waals surface area (Å²) in [6, 6.07) is -1.50. The molecule has 3 aliphatic rings. The number of allylic oxidation sites excluding steroid dienone is 1. The van der Waals surface area contributed by atoms with Crippen molar-refractivity contribution in [2.24, 2.45) is 10.1 Å². The second-order valence-corrected chi connectivity index (χ2v) is 10.2. The Hall–Kier alpha value is -2.36. The van der Waals surface area contributed by atoms with E-state index in [0.717, 1.165) is 11.5 Å². The molecule has 1 saturated heterocycles. The highest BCUT2D eigenvalue weighted by Gasteiger charge is 2.54. The van der Waals surface area contributed by atoms with Gasteiger partial charge in [-0.15, -0.1) is 11.8 Å². The fraction of sp³-hybridized carbons (Fsp3) is 0.400. The average molecular weight is 504 g/mol. The van der Waals surface area contributed by atoms with E-state index in [1.54, 1.807) is 0 Å². The number of nitrogen functional groups attached to an aromatic ring is 1. The summed E-state index contributed by atoms with van der Waals surface area (Å²) in [6.45, 7) is 0. The molecule has 5 N–H and O–H groups in total. The van der Waals surface area contributed by atoms with Crippen LogP contribution in [-0.2, 0) is 14.4 Å². The Balaban J connectivity index is 1.50. The van der Waals surface area contributed by atoms with E-state index in [2.05, 4.69) is 24.8 Å². The number of nitrogens with zero attached hydrogens (tertiary/aromatic N) is 5. The quantitative estimate of drug-likeness (QED) is 0.184. The molecule has 0 aromatic carbocycles. The Bertz CT molecular complexity index is 1060. The van der Waals surface area contributed by atoms with E-state index in [9.17, 15) is 24.7 Å². The molecule has 3 atom stereocenters. The van der Waals surface area contributed by atoms with Gasteiger partial charge in [0, 0.05) is 22.2 Å². The van der Waals surface area contributed by atoms with Gasteiger partial charge in [0.1, 0.15) is 17.1 Å². The molecule has 31 heavy (non-hydrogen) atoms. The number of fused-ring (bicyclic) bond motifs is 1. The second-order valence-electron chi connectivity index (χ2n) is 6.51. The largest absolute Gasteiger partial charge is 0.477 e. The molecule has 4 rings (SSSR count). The minimum atomic E-state index is -1.23. The standard InChI is InChI=1S/C15H14ClN7O5S3/c16-14-18-6(3-29-14)30-5-2-1-4-7(12(25)23(4)9(5)13(26)27)19-11(24)8(21-28)10-20-15(17)31-22-10/h4,6-7,28H,1-3H2,(H,19,24)(H,26,27)(H2,17,20,22)/b21-8-. The minimum absolute atomic E-state index is 0.0784. The summed E-state index contributed by atoms with van der Waals surface area (Å²) in [5.74, 6) is -2.22. The fourth-order valence-corrected chi connectivity index (χ4v) is 6.35. The number of oxime groups is 1. The van der Waals surface area contributed by atoms with Gasteiger partial charge in [-0.3, -0.25) is 19.5 Å². The number of hydrogen-bond acceptors (Lipinski definition) is 12. The van der Waals surface area contributed by atoms with Crippen molar-refractivity contribution in [2.45, 2.75) is 30.3 Å². The highest BCUT2D eigenvalue weighted by atomic mass is 35.5. The lowest BCUT2D eigenvalue weighted by Gasteiger charge is -2.50. The Kier molecular flexibility index (Phi) is 6.09. The Morgan fingerprint density at radius 2 is 2.19 bits per heavy atom. The molecule has 4 heterocycles. The number of amides is 2. The van der Waals surface area contributed by atoms with E-state index < -0.39 is 35.6 Å². The van der Waals surface area contributed by atoms with Crippen molar-refractivity contribution in [1.82, 2.24) is 19.6 Å². The number of aliphatic carboxylic acids is 1. The van der Waals surface area contributed by atoms with Gasteiger partial charge in [0.2, 0.25) is 11.5 Å². The van der Waals surface area contributed by atoms with Crippen molar-refractivity contribution >= 4 is 79.8 Å². The molecule has 2 amide bonds. The lowest BCUT2D eigenvalue weighted by molar-refractivity contribution is -0.155. The molecular weight excluding hydrogens is 490 g/mol. The van der Waals surface area contributed by atoms with Crippen LogP contribution in [0, 0.1) is 0 Å². The maximum Gasteiger partial charge on any atom is 0.353 e. The van der Waals surface area contributed by atoms with Crippen molar-refractivity contribution in [3.05, 3.63) is 16.4 Å². The van der Waals surface area contributed by atoms with Crippen LogP contribution in [-0.4, -0.2) is 75.8 Å². The number of nitrogens with one attached hydrogen (secondary N) is 1. The first-order valence-electron chi connectivity index (χ1n) is 8.75. The summed E-state index contributed by atoms with van der Waals surface area (Å²) in [4.78, 5) is 46.9. The highest BCUT2D eigenvalue weighted by molar-refractivity contribution is 8.18. The third-order valence-corrected chi connectivity index (χ3v) is 7.95. The first kappa shape index (κ1) is 21.9. The molecular formula is C15H14ClN7O5S3. The van der Waals surface area contributed by atoms with E-state index in [1.807, 2.05) is 0 Å². The molecule has 3 aliphatic heterocycles. The summed E-state index contributed by atoms with van der Waals surface area (Å²) >= 11 is 9.35. The molecule has 1 aromatic heterocycles. The number of nitrogens with two attached hydrogens (primary N) is 1. The lowest BCUT2D eigenvalue weighted by atomic mass is 9.86. The van der Waals surface area contributed by atoms with Crippen molar-refractivity contribution in [1.29, 1.82) is 0 Å². The number of aliphatic imine (C=N–C) groups is 1. The van der Waals surface area contributed by atoms with Crippen LogP contribution in [0.2, 0.25) is 0 Å². The molecule has 16 heteroatoms. The molecule has 164 valence electrons. The molecule has 3 unspecified atom stereocenters. The summed E-state index contributed by atoms with van der Waals surface area (Å²) < 4.78 is 4.23. The third kappa shape index (κ3) is 4.09. The van der Waals surface area contributed by atoms with Crippen LogP contribution in [0.5, 0.6) is 0 Å². The van der Waals surface area contributed by atoms with Crippen LogP contribution < -0.4 is 11.1 Å². The number of aromatic nitrogens is 2. The maximum atomic E-state index is 12.7. The minimum Gasteiger partial charge on any atom is -0.477 e. The van der Waals surface area contributed by atoms with Crippen molar-refractivity contribution in [2.75, 3.05) is 11.5 Å². The van der Waals surface area contributed by atoms with Gasteiger partial charge in [-0.2, -0.15) is 9.36 Å². The van der Waals surface area contributed by atoms with E-state index in [4.69, 9.17) is 17.3 Å². The molecule has 0 aliphatic carbocycles. The lowest BCUT2D eigenvalue weighted by Crippen LogP contribution is -2.72. The maximum absolute atomic E-state index is 12.7. The summed E-state index contributed by atoms with van der Waals surface area (Å²) in [7, 11) is 0. The molecule has 0 radical (unpaired) electrons. The van der Waals surface area contributed by atoms with Gasteiger partial charge >= 0.3 is 5.97 Å². The Morgan fingerprint density at radius 3 is 2.77 bits per heavy atom. The van der Waals surface area contributed by atoms with Crippen LogP contribution in [0.4, 0.5) is 5.13 Å². The molecule has 0 spiro atoms. The Labute approximate surface area is 192 Å². The summed E-state index contributed by atoms with van der Waals surface area (Å²) in [5.41, 5.74) is 4.88.